The van der Waals surface area contributed by atoms with Gasteiger partial charge in [-0.2, -0.15) is 10.5 Å². The molecule has 5 heteroatoms. The van der Waals surface area contributed by atoms with Crippen molar-refractivity contribution in [3.8, 4) is 12.1 Å². The molecule has 0 saturated heterocycles. The van der Waals surface area contributed by atoms with Crippen LogP contribution in [0.25, 0.3) is 0 Å². The molecule has 4 nitrogen and oxygen atoms in total. The number of rotatable bonds is 6. The summed E-state index contributed by atoms with van der Waals surface area (Å²) in [5.74, 6) is 0.759. The van der Waals surface area contributed by atoms with Crippen LogP contribution in [0.15, 0.2) is 21.2 Å². The maximum absolute atomic E-state index is 8.95. The minimum absolute atomic E-state index is 0.0990. The first-order valence-electron chi connectivity index (χ1n) is 5.35. The lowest BCUT2D eigenvalue weighted by molar-refractivity contribution is 0.265. The predicted octanol–water partition coefficient (Wildman–Crippen LogP) is 2.92. The van der Waals surface area contributed by atoms with Crippen molar-refractivity contribution in [1.82, 2.24) is 4.90 Å². The molecule has 17 heavy (non-hydrogen) atoms. The van der Waals surface area contributed by atoms with E-state index < -0.39 is 0 Å². The summed E-state index contributed by atoms with van der Waals surface area (Å²) in [5.41, 5.74) is 0. The van der Waals surface area contributed by atoms with Crippen LogP contribution >= 0.6 is 15.9 Å². The topological polar surface area (TPSA) is 64.0 Å². The van der Waals surface area contributed by atoms with Gasteiger partial charge in [0.1, 0.15) is 5.76 Å². The molecule has 0 aromatic carbocycles. The van der Waals surface area contributed by atoms with Crippen LogP contribution in [0.3, 0.4) is 0 Å². The fraction of sp³-hybridized carbons (Fsp3) is 0.500. The molecule has 1 atom stereocenters. The van der Waals surface area contributed by atoms with Crippen molar-refractivity contribution in [3.05, 3.63) is 22.6 Å². The van der Waals surface area contributed by atoms with Crippen LogP contribution < -0.4 is 0 Å². The summed E-state index contributed by atoms with van der Waals surface area (Å²) in [6.45, 7) is 1.31. The van der Waals surface area contributed by atoms with Crippen LogP contribution in [0.1, 0.15) is 18.6 Å². The molecule has 0 spiro atoms. The lowest BCUT2D eigenvalue weighted by Crippen LogP contribution is -2.24. The molecule has 0 saturated carbocycles. The molecule has 1 rings (SSSR count). The van der Waals surface area contributed by atoms with Crippen molar-refractivity contribution in [2.24, 2.45) is 5.92 Å². The van der Waals surface area contributed by atoms with Gasteiger partial charge in [0.2, 0.25) is 0 Å². The maximum atomic E-state index is 8.95. The molecule has 0 bridgehead atoms. The van der Waals surface area contributed by atoms with E-state index in [1.54, 1.807) is 0 Å². The standard InChI is InChI=1S/C12H14BrN3O/c1-16(8-10(7-15)3-2-6-14)9-11-4-5-12(13)17-11/h4-5,10H,2-3,8-9H2,1H3. The predicted molar refractivity (Wildman–Crippen MR) is 66.7 cm³/mol. The van der Waals surface area contributed by atoms with Crippen molar-refractivity contribution in [3.63, 3.8) is 0 Å². The second-order valence-electron chi connectivity index (χ2n) is 3.93. The lowest BCUT2D eigenvalue weighted by atomic mass is 10.1. The van der Waals surface area contributed by atoms with Gasteiger partial charge in [-0.05, 0) is 41.5 Å². The van der Waals surface area contributed by atoms with Crippen LogP contribution in [-0.4, -0.2) is 18.5 Å². The SMILES string of the molecule is CN(Cc1ccc(Br)o1)CC(C#N)CCC#N. The van der Waals surface area contributed by atoms with E-state index in [1.165, 1.54) is 0 Å². The van der Waals surface area contributed by atoms with Crippen LogP contribution in [-0.2, 0) is 6.54 Å². The monoisotopic (exact) mass is 295 g/mol. The molecule has 0 aliphatic rings. The number of nitrogens with zero attached hydrogens (tertiary/aromatic N) is 3. The van der Waals surface area contributed by atoms with Gasteiger partial charge in [-0.15, -0.1) is 0 Å². The fourth-order valence-electron chi connectivity index (χ4n) is 1.58. The molecule has 0 aliphatic heterocycles. The first-order valence-corrected chi connectivity index (χ1v) is 6.14. The third-order valence-corrected chi connectivity index (χ3v) is 2.80. The smallest absolute Gasteiger partial charge is 0.169 e. The van der Waals surface area contributed by atoms with Crippen LogP contribution in [0, 0.1) is 28.6 Å². The minimum atomic E-state index is -0.0990. The fourth-order valence-corrected chi connectivity index (χ4v) is 1.92. The molecular weight excluding hydrogens is 282 g/mol. The molecule has 1 heterocycles. The summed E-state index contributed by atoms with van der Waals surface area (Å²) < 4.78 is 6.10. The number of hydrogen-bond acceptors (Lipinski definition) is 4. The Kier molecular flexibility index (Phi) is 5.76. The Morgan fingerprint density at radius 2 is 2.24 bits per heavy atom. The van der Waals surface area contributed by atoms with Crippen LogP contribution in [0.4, 0.5) is 0 Å². The van der Waals surface area contributed by atoms with E-state index in [2.05, 4.69) is 28.1 Å². The largest absolute Gasteiger partial charge is 0.453 e. The van der Waals surface area contributed by atoms with Crippen LogP contribution in [0.2, 0.25) is 0 Å². The van der Waals surface area contributed by atoms with Gasteiger partial charge in [-0.25, -0.2) is 0 Å². The Balaban J connectivity index is 2.40. The number of hydrogen-bond donors (Lipinski definition) is 0. The van der Waals surface area contributed by atoms with Crippen molar-refractivity contribution < 1.29 is 4.42 Å². The van der Waals surface area contributed by atoms with Crippen molar-refractivity contribution >= 4 is 15.9 Å². The van der Waals surface area contributed by atoms with Gasteiger partial charge in [-0.3, -0.25) is 4.90 Å². The van der Waals surface area contributed by atoms with E-state index >= 15 is 0 Å². The Labute approximate surface area is 110 Å². The zero-order valence-corrected chi connectivity index (χ0v) is 11.3. The molecule has 0 radical (unpaired) electrons. The molecule has 90 valence electrons. The lowest BCUT2D eigenvalue weighted by Gasteiger charge is -2.17. The Morgan fingerprint density at radius 3 is 2.76 bits per heavy atom. The van der Waals surface area contributed by atoms with Gasteiger partial charge in [0.25, 0.3) is 0 Å². The quantitative estimate of drug-likeness (QED) is 0.809. The summed E-state index contributed by atoms with van der Waals surface area (Å²) in [7, 11) is 1.94. The summed E-state index contributed by atoms with van der Waals surface area (Å²) in [5, 5.41) is 17.4. The van der Waals surface area contributed by atoms with Gasteiger partial charge < -0.3 is 4.42 Å². The van der Waals surface area contributed by atoms with E-state index in [4.69, 9.17) is 14.9 Å². The molecule has 0 aliphatic carbocycles. The first-order chi connectivity index (χ1) is 8.15. The van der Waals surface area contributed by atoms with Crippen molar-refractivity contribution in [1.29, 1.82) is 10.5 Å². The summed E-state index contributed by atoms with van der Waals surface area (Å²) in [6, 6.07) is 8.04. The average Bonchev–Trinajstić information content (AvgIpc) is 2.69. The van der Waals surface area contributed by atoms with Gasteiger partial charge in [0.05, 0.1) is 24.6 Å². The maximum Gasteiger partial charge on any atom is 0.169 e. The van der Waals surface area contributed by atoms with Crippen molar-refractivity contribution in [2.45, 2.75) is 19.4 Å². The summed E-state index contributed by atoms with van der Waals surface area (Å²) in [6.07, 6.45) is 1.05. The first kappa shape index (κ1) is 13.8. The Hall–Kier alpha value is -1.30. The zero-order chi connectivity index (χ0) is 12.7. The van der Waals surface area contributed by atoms with E-state index in [0.717, 1.165) is 5.76 Å². The van der Waals surface area contributed by atoms with Gasteiger partial charge in [-0.1, -0.05) is 0 Å². The van der Waals surface area contributed by atoms with Gasteiger partial charge >= 0.3 is 0 Å². The number of halogens is 1. The van der Waals surface area contributed by atoms with Crippen molar-refractivity contribution in [2.75, 3.05) is 13.6 Å². The molecule has 0 fully saturated rings. The number of nitriles is 2. The summed E-state index contributed by atoms with van der Waals surface area (Å²) >= 11 is 3.25. The van der Waals surface area contributed by atoms with E-state index in [1.807, 2.05) is 24.1 Å². The molecule has 1 unspecified atom stereocenters. The Morgan fingerprint density at radius 1 is 1.47 bits per heavy atom. The molecule has 0 amide bonds. The molecule has 0 N–H and O–H groups in total. The highest BCUT2D eigenvalue weighted by Gasteiger charge is 2.12. The highest BCUT2D eigenvalue weighted by atomic mass is 79.9. The third kappa shape index (κ3) is 5.04. The zero-order valence-electron chi connectivity index (χ0n) is 9.69. The highest BCUT2D eigenvalue weighted by Crippen LogP contribution is 2.16. The average molecular weight is 296 g/mol. The van der Waals surface area contributed by atoms with E-state index in [0.29, 0.717) is 30.6 Å². The van der Waals surface area contributed by atoms with Gasteiger partial charge in [0.15, 0.2) is 4.67 Å². The second kappa shape index (κ2) is 7.11. The van der Waals surface area contributed by atoms with Gasteiger partial charge in [0, 0.05) is 13.0 Å². The number of furan rings is 1. The second-order valence-corrected chi connectivity index (χ2v) is 4.71. The Bertz CT molecular complexity index is 430. The van der Waals surface area contributed by atoms with Crippen LogP contribution in [0.5, 0.6) is 0 Å². The molecule has 1 aromatic heterocycles. The summed E-state index contributed by atoms with van der Waals surface area (Å²) in [4.78, 5) is 2.02. The normalized spacial score (nSPS) is 12.1. The third-order valence-electron chi connectivity index (χ3n) is 2.37. The van der Waals surface area contributed by atoms with E-state index in [9.17, 15) is 0 Å². The minimum Gasteiger partial charge on any atom is -0.453 e. The van der Waals surface area contributed by atoms with E-state index in [-0.39, 0.29) is 5.92 Å². The molecular formula is C12H14BrN3O. The highest BCUT2D eigenvalue weighted by molar-refractivity contribution is 9.10. The molecule has 1 aromatic rings.